The predicted molar refractivity (Wildman–Crippen MR) is 73.7 cm³/mol. The molecule has 0 amide bonds. The highest BCUT2D eigenvalue weighted by Crippen LogP contribution is 2.22. The largest absolute Gasteiger partial charge is 0.319 e. The van der Waals surface area contributed by atoms with Crippen LogP contribution in [-0.4, -0.2) is 43.6 Å². The van der Waals surface area contributed by atoms with Gasteiger partial charge in [-0.15, -0.1) is 11.3 Å². The molecule has 1 saturated heterocycles. The van der Waals surface area contributed by atoms with Gasteiger partial charge in [0, 0.05) is 24.8 Å². The molecule has 17 heavy (non-hydrogen) atoms. The van der Waals surface area contributed by atoms with Gasteiger partial charge >= 0.3 is 0 Å². The molecular weight excluding hydrogens is 230 g/mol. The average Bonchev–Trinajstić information content (AvgIpc) is 2.77. The molecule has 0 spiro atoms. The summed E-state index contributed by atoms with van der Waals surface area (Å²) in [5.74, 6) is 0.856. The molecule has 1 aliphatic rings. The van der Waals surface area contributed by atoms with E-state index in [0.29, 0.717) is 0 Å². The topological polar surface area (TPSA) is 28.2 Å². The quantitative estimate of drug-likeness (QED) is 0.867. The summed E-state index contributed by atoms with van der Waals surface area (Å²) in [5.41, 5.74) is 1.26. The van der Waals surface area contributed by atoms with Crippen molar-refractivity contribution in [1.82, 2.24) is 15.2 Å². The van der Waals surface area contributed by atoms with Gasteiger partial charge in [-0.3, -0.25) is 0 Å². The van der Waals surface area contributed by atoms with Gasteiger partial charge in [-0.1, -0.05) is 0 Å². The van der Waals surface area contributed by atoms with E-state index < -0.39 is 0 Å². The van der Waals surface area contributed by atoms with Crippen LogP contribution in [-0.2, 0) is 12.8 Å². The Balaban J connectivity index is 1.80. The molecule has 0 bridgehead atoms. The zero-order valence-corrected chi connectivity index (χ0v) is 11.7. The van der Waals surface area contributed by atoms with Gasteiger partial charge in [-0.05, 0) is 45.9 Å². The van der Waals surface area contributed by atoms with Crippen LogP contribution in [0.15, 0.2) is 5.38 Å². The van der Waals surface area contributed by atoms with Crippen molar-refractivity contribution in [2.45, 2.75) is 25.7 Å². The van der Waals surface area contributed by atoms with Crippen LogP contribution in [0, 0.1) is 5.92 Å². The van der Waals surface area contributed by atoms with E-state index >= 15 is 0 Å². The van der Waals surface area contributed by atoms with Crippen molar-refractivity contribution < 1.29 is 0 Å². The normalized spacial score (nSPS) is 18.7. The fourth-order valence-electron chi connectivity index (χ4n) is 2.32. The van der Waals surface area contributed by atoms with Gasteiger partial charge < -0.3 is 10.2 Å². The monoisotopic (exact) mass is 253 g/mol. The molecule has 0 saturated carbocycles. The summed E-state index contributed by atoms with van der Waals surface area (Å²) in [6, 6.07) is 0. The highest BCUT2D eigenvalue weighted by atomic mass is 32.1. The highest BCUT2D eigenvalue weighted by molar-refractivity contribution is 7.09. The van der Waals surface area contributed by atoms with Gasteiger partial charge in [0.2, 0.25) is 0 Å². The number of rotatable bonds is 5. The van der Waals surface area contributed by atoms with E-state index in [0.717, 1.165) is 18.9 Å². The number of aromatic nitrogens is 1. The summed E-state index contributed by atoms with van der Waals surface area (Å²) in [6.45, 7) is 3.53. The molecule has 1 fully saturated rings. The first-order valence-electron chi connectivity index (χ1n) is 6.54. The first-order valence-corrected chi connectivity index (χ1v) is 7.42. The van der Waals surface area contributed by atoms with Crippen LogP contribution < -0.4 is 5.32 Å². The smallest absolute Gasteiger partial charge is 0.0931 e. The second kappa shape index (κ2) is 6.47. The molecule has 1 N–H and O–H groups in total. The van der Waals surface area contributed by atoms with Gasteiger partial charge in [-0.25, -0.2) is 4.98 Å². The number of likely N-dealkylation sites (tertiary alicyclic amines) is 1. The summed E-state index contributed by atoms with van der Waals surface area (Å²) < 4.78 is 0. The van der Waals surface area contributed by atoms with Crippen molar-refractivity contribution in [2.75, 3.05) is 33.7 Å². The molecule has 3 nitrogen and oxygen atoms in total. The summed E-state index contributed by atoms with van der Waals surface area (Å²) in [7, 11) is 4.21. The molecule has 96 valence electrons. The van der Waals surface area contributed by atoms with E-state index in [4.69, 9.17) is 4.98 Å². The molecule has 0 atom stereocenters. The molecule has 4 heteroatoms. The molecule has 1 aromatic heterocycles. The van der Waals surface area contributed by atoms with E-state index in [1.807, 2.05) is 18.4 Å². The summed E-state index contributed by atoms with van der Waals surface area (Å²) in [6.07, 6.45) is 4.92. The maximum atomic E-state index is 4.73. The lowest BCUT2D eigenvalue weighted by atomic mass is 9.94. The standard InChI is InChI=1S/C13H23N3S/c1-14-6-3-12-10-17-13(15-12)9-11-4-7-16(2)8-5-11/h10-11,14H,3-9H2,1-2H3. The lowest BCUT2D eigenvalue weighted by molar-refractivity contribution is 0.219. The van der Waals surface area contributed by atoms with E-state index in [9.17, 15) is 0 Å². The molecular formula is C13H23N3S. The van der Waals surface area contributed by atoms with Crippen molar-refractivity contribution in [3.05, 3.63) is 16.1 Å². The third kappa shape index (κ3) is 4.05. The predicted octanol–water partition coefficient (Wildman–Crippen LogP) is 1.79. The van der Waals surface area contributed by atoms with Crippen LogP contribution in [0.1, 0.15) is 23.5 Å². The maximum Gasteiger partial charge on any atom is 0.0931 e. The van der Waals surface area contributed by atoms with Gasteiger partial charge in [0.05, 0.1) is 10.7 Å². The lowest BCUT2D eigenvalue weighted by Crippen LogP contribution is -2.30. The van der Waals surface area contributed by atoms with Crippen molar-refractivity contribution >= 4 is 11.3 Å². The lowest BCUT2D eigenvalue weighted by Gasteiger charge is -2.28. The Morgan fingerprint density at radius 1 is 1.47 bits per heavy atom. The van der Waals surface area contributed by atoms with Crippen LogP contribution in [0.3, 0.4) is 0 Å². The number of hydrogen-bond donors (Lipinski definition) is 1. The Morgan fingerprint density at radius 3 is 2.94 bits per heavy atom. The third-order valence-corrected chi connectivity index (χ3v) is 4.45. The maximum absolute atomic E-state index is 4.73. The Kier molecular flexibility index (Phi) is 4.95. The molecule has 1 aliphatic heterocycles. The van der Waals surface area contributed by atoms with Crippen molar-refractivity contribution in [2.24, 2.45) is 5.92 Å². The molecule has 0 radical (unpaired) electrons. The van der Waals surface area contributed by atoms with Crippen molar-refractivity contribution in [3.63, 3.8) is 0 Å². The zero-order valence-electron chi connectivity index (χ0n) is 10.9. The summed E-state index contributed by atoms with van der Waals surface area (Å²) in [4.78, 5) is 7.15. The Morgan fingerprint density at radius 2 is 2.24 bits per heavy atom. The fraction of sp³-hybridized carbons (Fsp3) is 0.769. The minimum absolute atomic E-state index is 0.856. The summed E-state index contributed by atoms with van der Waals surface area (Å²) in [5, 5.41) is 6.73. The zero-order chi connectivity index (χ0) is 12.1. The van der Waals surface area contributed by atoms with E-state index in [-0.39, 0.29) is 0 Å². The minimum Gasteiger partial charge on any atom is -0.319 e. The SMILES string of the molecule is CNCCc1csc(CC2CCN(C)CC2)n1. The number of hydrogen-bond acceptors (Lipinski definition) is 4. The molecule has 0 unspecified atom stereocenters. The first kappa shape index (κ1) is 13.0. The third-order valence-electron chi connectivity index (χ3n) is 3.53. The Bertz CT molecular complexity index is 329. The molecule has 0 aromatic carbocycles. The molecule has 2 heterocycles. The van der Waals surface area contributed by atoms with Gasteiger partial charge in [-0.2, -0.15) is 0 Å². The Labute approximate surface area is 108 Å². The van der Waals surface area contributed by atoms with Crippen molar-refractivity contribution in [3.8, 4) is 0 Å². The van der Waals surface area contributed by atoms with Gasteiger partial charge in [0.25, 0.3) is 0 Å². The van der Waals surface area contributed by atoms with Crippen LogP contribution >= 0.6 is 11.3 Å². The van der Waals surface area contributed by atoms with E-state index in [2.05, 4.69) is 22.6 Å². The minimum atomic E-state index is 0.856. The second-order valence-corrected chi connectivity index (χ2v) is 5.98. The van der Waals surface area contributed by atoms with Crippen LogP contribution in [0.5, 0.6) is 0 Å². The van der Waals surface area contributed by atoms with Crippen molar-refractivity contribution in [1.29, 1.82) is 0 Å². The molecule has 0 aliphatic carbocycles. The van der Waals surface area contributed by atoms with Crippen LogP contribution in [0.4, 0.5) is 0 Å². The molecule has 2 rings (SSSR count). The number of thiazole rings is 1. The number of likely N-dealkylation sites (N-methyl/N-ethyl adjacent to an activating group) is 1. The van der Waals surface area contributed by atoms with Crippen LogP contribution in [0.25, 0.3) is 0 Å². The number of nitrogens with one attached hydrogen (secondary N) is 1. The fourth-order valence-corrected chi connectivity index (χ4v) is 3.27. The second-order valence-electron chi connectivity index (χ2n) is 5.04. The molecule has 1 aromatic rings. The van der Waals surface area contributed by atoms with Gasteiger partial charge in [0.1, 0.15) is 0 Å². The summed E-state index contributed by atoms with van der Waals surface area (Å²) >= 11 is 1.84. The number of piperidine rings is 1. The highest BCUT2D eigenvalue weighted by Gasteiger charge is 2.18. The number of nitrogens with zero attached hydrogens (tertiary/aromatic N) is 2. The Hall–Kier alpha value is -0.450. The average molecular weight is 253 g/mol. The van der Waals surface area contributed by atoms with Gasteiger partial charge in [0.15, 0.2) is 0 Å². The van der Waals surface area contributed by atoms with E-state index in [1.165, 1.54) is 43.1 Å². The first-order chi connectivity index (χ1) is 8.28. The van der Waals surface area contributed by atoms with E-state index in [1.54, 1.807) is 0 Å². The van der Waals surface area contributed by atoms with Crippen LogP contribution in [0.2, 0.25) is 0 Å².